The van der Waals surface area contributed by atoms with E-state index < -0.39 is 0 Å². The summed E-state index contributed by atoms with van der Waals surface area (Å²) in [6.07, 6.45) is 1.72. The monoisotopic (exact) mass is 238 g/mol. The molecule has 0 saturated heterocycles. The molecule has 2 aromatic carbocycles. The van der Waals surface area contributed by atoms with Gasteiger partial charge in [0, 0.05) is 0 Å². The van der Waals surface area contributed by atoms with Crippen LogP contribution >= 0.6 is 0 Å². The molecule has 0 amide bonds. The van der Waals surface area contributed by atoms with Gasteiger partial charge in [-0.15, -0.1) is 0 Å². The Morgan fingerprint density at radius 1 is 0.889 bits per heavy atom. The molecular weight excluding hydrogens is 227 g/mol. The van der Waals surface area contributed by atoms with Gasteiger partial charge in [0.1, 0.15) is 11.6 Å². The van der Waals surface area contributed by atoms with Gasteiger partial charge in [0.15, 0.2) is 0 Å². The Morgan fingerprint density at radius 3 is 2.39 bits per heavy atom. The van der Waals surface area contributed by atoms with Crippen LogP contribution in [0.2, 0.25) is 0 Å². The first-order chi connectivity index (χ1) is 8.84. The molecule has 0 unspecified atom stereocenters. The minimum atomic E-state index is -0.272. The van der Waals surface area contributed by atoms with Crippen molar-refractivity contribution in [3.8, 4) is 22.6 Å². The van der Waals surface area contributed by atoms with Crippen molar-refractivity contribution in [2.45, 2.75) is 0 Å². The minimum absolute atomic E-state index is 0.272. The summed E-state index contributed by atoms with van der Waals surface area (Å²) in [6, 6.07) is 16.4. The third kappa shape index (κ3) is 1.91. The highest BCUT2D eigenvalue weighted by Gasteiger charge is 2.08. The third-order valence-electron chi connectivity index (χ3n) is 2.79. The highest BCUT2D eigenvalue weighted by Crippen LogP contribution is 2.23. The SMILES string of the molecule is Fc1ccccc1-c1ncc(-c2ccccc2)[nH]1. The quantitative estimate of drug-likeness (QED) is 0.721. The fourth-order valence-corrected chi connectivity index (χ4v) is 1.88. The van der Waals surface area contributed by atoms with Gasteiger partial charge in [-0.25, -0.2) is 9.37 Å². The van der Waals surface area contributed by atoms with E-state index in [2.05, 4.69) is 9.97 Å². The van der Waals surface area contributed by atoms with E-state index in [9.17, 15) is 4.39 Å². The smallest absolute Gasteiger partial charge is 0.140 e. The molecule has 3 rings (SSSR count). The first kappa shape index (κ1) is 10.7. The first-order valence-corrected chi connectivity index (χ1v) is 5.70. The van der Waals surface area contributed by atoms with Crippen LogP contribution in [0.5, 0.6) is 0 Å². The standard InChI is InChI=1S/C15H11FN2/c16-13-9-5-4-8-12(13)15-17-10-14(18-15)11-6-2-1-3-7-11/h1-10H,(H,17,18). The van der Waals surface area contributed by atoms with Crippen LogP contribution in [-0.4, -0.2) is 9.97 Å². The van der Waals surface area contributed by atoms with Gasteiger partial charge in [-0.2, -0.15) is 0 Å². The van der Waals surface area contributed by atoms with Crippen molar-refractivity contribution in [2.24, 2.45) is 0 Å². The van der Waals surface area contributed by atoms with E-state index in [1.54, 1.807) is 24.4 Å². The number of halogens is 1. The Morgan fingerprint density at radius 2 is 1.61 bits per heavy atom. The lowest BCUT2D eigenvalue weighted by Gasteiger charge is -1.99. The molecule has 1 heterocycles. The largest absolute Gasteiger partial charge is 0.338 e. The van der Waals surface area contributed by atoms with Crippen molar-refractivity contribution >= 4 is 0 Å². The molecule has 88 valence electrons. The van der Waals surface area contributed by atoms with Crippen LogP contribution in [0.3, 0.4) is 0 Å². The van der Waals surface area contributed by atoms with Gasteiger partial charge in [0.25, 0.3) is 0 Å². The lowest BCUT2D eigenvalue weighted by atomic mass is 10.2. The van der Waals surface area contributed by atoms with Gasteiger partial charge in [-0.05, 0) is 17.7 Å². The van der Waals surface area contributed by atoms with Gasteiger partial charge >= 0.3 is 0 Å². The molecule has 3 heteroatoms. The highest BCUT2D eigenvalue weighted by molar-refractivity contribution is 5.64. The summed E-state index contributed by atoms with van der Waals surface area (Å²) < 4.78 is 13.6. The van der Waals surface area contributed by atoms with E-state index in [4.69, 9.17) is 0 Å². The predicted octanol–water partition coefficient (Wildman–Crippen LogP) is 3.88. The lowest BCUT2D eigenvalue weighted by molar-refractivity contribution is 0.630. The maximum atomic E-state index is 13.6. The summed E-state index contributed by atoms with van der Waals surface area (Å²) in [7, 11) is 0. The normalized spacial score (nSPS) is 10.5. The molecule has 1 aromatic heterocycles. The summed E-state index contributed by atoms with van der Waals surface area (Å²) in [5.74, 6) is 0.276. The number of rotatable bonds is 2. The zero-order chi connectivity index (χ0) is 12.4. The number of aromatic amines is 1. The number of nitrogens with zero attached hydrogens (tertiary/aromatic N) is 1. The van der Waals surface area contributed by atoms with E-state index in [-0.39, 0.29) is 5.82 Å². The van der Waals surface area contributed by atoms with Crippen LogP contribution in [-0.2, 0) is 0 Å². The van der Waals surface area contributed by atoms with Crippen LogP contribution in [0.15, 0.2) is 60.8 Å². The molecule has 0 fully saturated rings. The minimum Gasteiger partial charge on any atom is -0.338 e. The molecule has 3 aromatic rings. The molecule has 0 atom stereocenters. The summed E-state index contributed by atoms with van der Waals surface area (Å²) in [5, 5.41) is 0. The van der Waals surface area contributed by atoms with Gasteiger partial charge < -0.3 is 4.98 Å². The maximum Gasteiger partial charge on any atom is 0.140 e. The average Bonchev–Trinajstić information content (AvgIpc) is 2.90. The van der Waals surface area contributed by atoms with E-state index in [1.165, 1.54) is 6.07 Å². The molecular formula is C15H11FN2. The maximum absolute atomic E-state index is 13.6. The van der Waals surface area contributed by atoms with Crippen LogP contribution in [0, 0.1) is 5.82 Å². The van der Waals surface area contributed by atoms with Crippen molar-refractivity contribution in [3.63, 3.8) is 0 Å². The van der Waals surface area contributed by atoms with E-state index in [0.29, 0.717) is 11.4 Å². The molecule has 0 saturated carbocycles. The van der Waals surface area contributed by atoms with Crippen LogP contribution in [0.25, 0.3) is 22.6 Å². The van der Waals surface area contributed by atoms with E-state index >= 15 is 0 Å². The Hall–Kier alpha value is -2.42. The second-order valence-corrected chi connectivity index (χ2v) is 3.99. The van der Waals surface area contributed by atoms with E-state index in [1.807, 2.05) is 30.3 Å². The fourth-order valence-electron chi connectivity index (χ4n) is 1.88. The van der Waals surface area contributed by atoms with Crippen molar-refractivity contribution in [1.29, 1.82) is 0 Å². The molecule has 1 N–H and O–H groups in total. The number of benzene rings is 2. The Bertz CT molecular complexity index is 659. The zero-order valence-corrected chi connectivity index (χ0v) is 9.60. The van der Waals surface area contributed by atoms with Crippen LogP contribution < -0.4 is 0 Å². The fraction of sp³-hybridized carbons (Fsp3) is 0. The van der Waals surface area contributed by atoms with Crippen molar-refractivity contribution in [1.82, 2.24) is 9.97 Å². The molecule has 18 heavy (non-hydrogen) atoms. The summed E-state index contributed by atoms with van der Waals surface area (Å²) in [5.41, 5.74) is 2.40. The van der Waals surface area contributed by atoms with Gasteiger partial charge in [0.05, 0.1) is 17.5 Å². The molecule has 0 bridgehead atoms. The number of hydrogen-bond acceptors (Lipinski definition) is 1. The van der Waals surface area contributed by atoms with Gasteiger partial charge in [-0.1, -0.05) is 42.5 Å². The number of imidazole rings is 1. The Balaban J connectivity index is 2.03. The number of H-pyrrole nitrogens is 1. The van der Waals surface area contributed by atoms with E-state index in [0.717, 1.165) is 11.3 Å². The van der Waals surface area contributed by atoms with Crippen molar-refractivity contribution < 1.29 is 4.39 Å². The topological polar surface area (TPSA) is 28.7 Å². The number of nitrogens with one attached hydrogen (secondary N) is 1. The summed E-state index contributed by atoms with van der Waals surface area (Å²) >= 11 is 0. The molecule has 0 aliphatic heterocycles. The molecule has 0 aliphatic rings. The number of hydrogen-bond donors (Lipinski definition) is 1. The number of aromatic nitrogens is 2. The first-order valence-electron chi connectivity index (χ1n) is 5.70. The third-order valence-corrected chi connectivity index (χ3v) is 2.79. The van der Waals surface area contributed by atoms with Gasteiger partial charge in [-0.3, -0.25) is 0 Å². The summed E-state index contributed by atoms with van der Waals surface area (Å²) in [4.78, 5) is 7.36. The highest BCUT2D eigenvalue weighted by atomic mass is 19.1. The summed E-state index contributed by atoms with van der Waals surface area (Å²) in [6.45, 7) is 0. The zero-order valence-electron chi connectivity index (χ0n) is 9.60. The molecule has 0 spiro atoms. The van der Waals surface area contributed by atoms with Crippen molar-refractivity contribution in [2.75, 3.05) is 0 Å². The Labute approximate surface area is 104 Å². The molecule has 2 nitrogen and oxygen atoms in total. The lowest BCUT2D eigenvalue weighted by Crippen LogP contribution is -1.85. The molecule has 0 aliphatic carbocycles. The second-order valence-electron chi connectivity index (χ2n) is 3.99. The van der Waals surface area contributed by atoms with Gasteiger partial charge in [0.2, 0.25) is 0 Å². The second kappa shape index (κ2) is 4.45. The van der Waals surface area contributed by atoms with Crippen LogP contribution in [0.4, 0.5) is 4.39 Å². The van der Waals surface area contributed by atoms with Crippen LogP contribution in [0.1, 0.15) is 0 Å². The predicted molar refractivity (Wildman–Crippen MR) is 69.4 cm³/mol. The Kier molecular flexibility index (Phi) is 2.65. The molecule has 0 radical (unpaired) electrons. The van der Waals surface area contributed by atoms with Crippen molar-refractivity contribution in [3.05, 3.63) is 66.6 Å². The average molecular weight is 238 g/mol.